The van der Waals surface area contributed by atoms with Gasteiger partial charge >= 0.3 is 0 Å². The number of aromatic nitrogens is 3. The van der Waals surface area contributed by atoms with Crippen molar-refractivity contribution in [3.8, 4) is 11.3 Å². The van der Waals surface area contributed by atoms with Crippen LogP contribution in [0, 0.1) is 6.92 Å². The first kappa shape index (κ1) is 11.5. The maximum atomic E-state index is 4.52. The van der Waals surface area contributed by atoms with E-state index < -0.39 is 0 Å². The summed E-state index contributed by atoms with van der Waals surface area (Å²) < 4.78 is 0. The van der Waals surface area contributed by atoms with E-state index >= 15 is 0 Å². The second-order valence-electron chi connectivity index (χ2n) is 3.91. The van der Waals surface area contributed by atoms with Gasteiger partial charge in [0.15, 0.2) is 0 Å². The summed E-state index contributed by atoms with van der Waals surface area (Å²) in [7, 11) is 1.86. The van der Waals surface area contributed by atoms with E-state index in [0.29, 0.717) is 0 Å². The van der Waals surface area contributed by atoms with Crippen molar-refractivity contribution in [2.45, 2.75) is 20.3 Å². The molecule has 1 N–H and O–H groups in total. The van der Waals surface area contributed by atoms with Gasteiger partial charge in [0.2, 0.25) is 0 Å². The molecular formula is C13H16N4. The van der Waals surface area contributed by atoms with E-state index in [1.165, 1.54) is 0 Å². The van der Waals surface area contributed by atoms with E-state index in [0.717, 1.165) is 34.9 Å². The third-order valence-corrected chi connectivity index (χ3v) is 2.52. The Hall–Kier alpha value is -1.97. The zero-order chi connectivity index (χ0) is 12.3. The molecule has 88 valence electrons. The summed E-state index contributed by atoms with van der Waals surface area (Å²) >= 11 is 0. The third-order valence-electron chi connectivity index (χ3n) is 2.52. The fourth-order valence-electron chi connectivity index (χ4n) is 1.63. The minimum atomic E-state index is 0.821. The average Bonchev–Trinajstić information content (AvgIpc) is 2.38. The fraction of sp³-hybridized carbons (Fsp3) is 0.308. The molecule has 0 saturated heterocycles. The predicted octanol–water partition coefficient (Wildman–Crippen LogP) is 2.45. The van der Waals surface area contributed by atoms with Gasteiger partial charge in [-0.05, 0) is 18.6 Å². The van der Waals surface area contributed by atoms with E-state index in [4.69, 9.17) is 0 Å². The van der Waals surface area contributed by atoms with Gasteiger partial charge in [0.1, 0.15) is 11.6 Å². The highest BCUT2D eigenvalue weighted by Crippen LogP contribution is 2.19. The molecule has 0 fully saturated rings. The van der Waals surface area contributed by atoms with Crippen LogP contribution in [0.2, 0.25) is 0 Å². The molecule has 17 heavy (non-hydrogen) atoms. The number of nitrogens with one attached hydrogen (secondary N) is 1. The first-order valence-corrected chi connectivity index (χ1v) is 5.70. The number of hydrogen-bond donors (Lipinski definition) is 1. The van der Waals surface area contributed by atoms with Crippen LogP contribution in [0.15, 0.2) is 24.5 Å². The second kappa shape index (κ2) is 4.91. The first-order valence-electron chi connectivity index (χ1n) is 5.70. The molecule has 0 atom stereocenters. The van der Waals surface area contributed by atoms with Crippen LogP contribution < -0.4 is 5.32 Å². The standard InChI is InChI=1S/C13H16N4/c1-4-12-16-11(6-13(14-3)17-12)10-5-9(2)7-15-8-10/h5-8H,4H2,1-3H3,(H,14,16,17). The van der Waals surface area contributed by atoms with Crippen molar-refractivity contribution in [3.05, 3.63) is 35.9 Å². The number of hydrogen-bond acceptors (Lipinski definition) is 4. The Morgan fingerprint density at radius 2 is 2.00 bits per heavy atom. The third kappa shape index (κ3) is 2.58. The lowest BCUT2D eigenvalue weighted by Gasteiger charge is -2.07. The van der Waals surface area contributed by atoms with Gasteiger partial charge in [-0.15, -0.1) is 0 Å². The van der Waals surface area contributed by atoms with Crippen molar-refractivity contribution >= 4 is 5.82 Å². The minimum Gasteiger partial charge on any atom is -0.373 e. The number of rotatable bonds is 3. The van der Waals surface area contributed by atoms with Crippen molar-refractivity contribution in [3.63, 3.8) is 0 Å². The van der Waals surface area contributed by atoms with Gasteiger partial charge in [-0.2, -0.15) is 0 Å². The SMILES string of the molecule is CCc1nc(NC)cc(-c2cncc(C)c2)n1. The fourth-order valence-corrected chi connectivity index (χ4v) is 1.63. The molecule has 0 aliphatic heterocycles. The number of anilines is 1. The minimum absolute atomic E-state index is 0.821. The zero-order valence-corrected chi connectivity index (χ0v) is 10.4. The second-order valence-corrected chi connectivity index (χ2v) is 3.91. The molecule has 0 aromatic carbocycles. The highest BCUT2D eigenvalue weighted by Gasteiger charge is 2.05. The van der Waals surface area contributed by atoms with Crippen molar-refractivity contribution in [2.75, 3.05) is 12.4 Å². The molecule has 2 aromatic heterocycles. The Balaban J connectivity index is 2.50. The van der Waals surface area contributed by atoms with Crippen molar-refractivity contribution in [2.24, 2.45) is 0 Å². The summed E-state index contributed by atoms with van der Waals surface area (Å²) in [6.45, 7) is 4.07. The van der Waals surface area contributed by atoms with Crippen LogP contribution in [0.5, 0.6) is 0 Å². The number of pyridine rings is 1. The molecule has 0 saturated carbocycles. The summed E-state index contributed by atoms with van der Waals surface area (Å²) in [4.78, 5) is 13.1. The number of nitrogens with zero attached hydrogens (tertiary/aromatic N) is 3. The van der Waals surface area contributed by atoms with Crippen LogP contribution in [-0.4, -0.2) is 22.0 Å². The van der Waals surface area contributed by atoms with E-state index in [-0.39, 0.29) is 0 Å². The molecule has 4 heteroatoms. The molecule has 2 heterocycles. The molecule has 2 rings (SSSR count). The Kier molecular flexibility index (Phi) is 3.32. The van der Waals surface area contributed by atoms with Gasteiger partial charge in [-0.25, -0.2) is 9.97 Å². The summed E-state index contributed by atoms with van der Waals surface area (Å²) in [6, 6.07) is 4.02. The van der Waals surface area contributed by atoms with Crippen molar-refractivity contribution < 1.29 is 0 Å². The molecule has 0 radical (unpaired) electrons. The molecule has 0 amide bonds. The van der Waals surface area contributed by atoms with Crippen LogP contribution in [-0.2, 0) is 6.42 Å². The van der Waals surface area contributed by atoms with Gasteiger partial charge < -0.3 is 5.32 Å². The smallest absolute Gasteiger partial charge is 0.131 e. The van der Waals surface area contributed by atoms with E-state index in [2.05, 4.69) is 26.3 Å². The molecule has 4 nitrogen and oxygen atoms in total. The molecule has 0 aliphatic rings. The van der Waals surface area contributed by atoms with E-state index in [9.17, 15) is 0 Å². The van der Waals surface area contributed by atoms with Crippen molar-refractivity contribution in [1.29, 1.82) is 0 Å². The van der Waals surface area contributed by atoms with Gasteiger partial charge in [0.25, 0.3) is 0 Å². The predicted molar refractivity (Wildman–Crippen MR) is 68.9 cm³/mol. The Labute approximate surface area is 101 Å². The summed E-state index contributed by atoms with van der Waals surface area (Å²) in [5.41, 5.74) is 3.07. The maximum Gasteiger partial charge on any atom is 0.131 e. The Morgan fingerprint density at radius 1 is 1.18 bits per heavy atom. The van der Waals surface area contributed by atoms with Crippen molar-refractivity contribution in [1.82, 2.24) is 15.0 Å². The molecule has 0 spiro atoms. The van der Waals surface area contributed by atoms with Crippen LogP contribution in [0.4, 0.5) is 5.82 Å². The topological polar surface area (TPSA) is 50.7 Å². The molecule has 0 aliphatic carbocycles. The van der Waals surface area contributed by atoms with Gasteiger partial charge in [-0.1, -0.05) is 6.92 Å². The van der Waals surface area contributed by atoms with Gasteiger partial charge in [0.05, 0.1) is 5.69 Å². The van der Waals surface area contributed by atoms with Crippen LogP contribution in [0.3, 0.4) is 0 Å². The van der Waals surface area contributed by atoms with Crippen LogP contribution in [0.1, 0.15) is 18.3 Å². The van der Waals surface area contributed by atoms with Gasteiger partial charge in [0, 0.05) is 37.5 Å². The highest BCUT2D eigenvalue weighted by atomic mass is 15.0. The quantitative estimate of drug-likeness (QED) is 0.876. The lowest BCUT2D eigenvalue weighted by molar-refractivity contribution is 0.944. The number of aryl methyl sites for hydroxylation is 2. The molecule has 0 bridgehead atoms. The van der Waals surface area contributed by atoms with E-state index in [1.807, 2.05) is 39.4 Å². The highest BCUT2D eigenvalue weighted by molar-refractivity contribution is 5.62. The average molecular weight is 228 g/mol. The molecule has 2 aromatic rings. The lowest BCUT2D eigenvalue weighted by atomic mass is 10.1. The largest absolute Gasteiger partial charge is 0.373 e. The monoisotopic (exact) mass is 228 g/mol. The lowest BCUT2D eigenvalue weighted by Crippen LogP contribution is -2.01. The molecular weight excluding hydrogens is 212 g/mol. The maximum absolute atomic E-state index is 4.52. The summed E-state index contributed by atoms with van der Waals surface area (Å²) in [6.07, 6.45) is 4.49. The zero-order valence-electron chi connectivity index (χ0n) is 10.4. The Bertz CT molecular complexity index is 500. The summed E-state index contributed by atoms with van der Waals surface area (Å²) in [5, 5.41) is 3.05. The summed E-state index contributed by atoms with van der Waals surface area (Å²) in [5.74, 6) is 1.68. The van der Waals surface area contributed by atoms with Gasteiger partial charge in [-0.3, -0.25) is 4.98 Å². The van der Waals surface area contributed by atoms with Crippen LogP contribution >= 0.6 is 0 Å². The van der Waals surface area contributed by atoms with E-state index in [1.54, 1.807) is 0 Å². The normalized spacial score (nSPS) is 10.3. The first-order chi connectivity index (χ1) is 8.22. The van der Waals surface area contributed by atoms with Crippen LogP contribution in [0.25, 0.3) is 11.3 Å². The molecule has 0 unspecified atom stereocenters. The Morgan fingerprint density at radius 3 is 2.65 bits per heavy atom.